The van der Waals surface area contributed by atoms with Crippen LogP contribution in [0.25, 0.3) is 0 Å². The lowest BCUT2D eigenvalue weighted by atomic mass is 10.0. The van der Waals surface area contributed by atoms with Gasteiger partial charge in [-0.15, -0.1) is 0 Å². The van der Waals surface area contributed by atoms with Crippen LogP contribution in [0, 0.1) is 0 Å². The summed E-state index contributed by atoms with van der Waals surface area (Å²) < 4.78 is 18.1. The second kappa shape index (κ2) is 9.55. The van der Waals surface area contributed by atoms with Crippen molar-refractivity contribution in [3.63, 3.8) is 0 Å². The minimum atomic E-state index is -0.758. The molecule has 1 aromatic carbocycles. The van der Waals surface area contributed by atoms with E-state index >= 15 is 0 Å². The molecule has 0 N–H and O–H groups in total. The first kappa shape index (κ1) is 21.7. The summed E-state index contributed by atoms with van der Waals surface area (Å²) in [5, 5.41) is 4.15. The van der Waals surface area contributed by atoms with Gasteiger partial charge < -0.3 is 19.0 Å². The SMILES string of the molecule is CCCCOC1CON=C1c1cc(Br)ccc1OC(C)C(=O)OC(C)(C)C. The van der Waals surface area contributed by atoms with Gasteiger partial charge in [0.15, 0.2) is 6.10 Å². The molecule has 2 unspecified atom stereocenters. The average molecular weight is 442 g/mol. The van der Waals surface area contributed by atoms with E-state index in [0.717, 1.165) is 22.9 Å². The van der Waals surface area contributed by atoms with Crippen molar-refractivity contribution in [2.45, 2.75) is 65.3 Å². The van der Waals surface area contributed by atoms with Gasteiger partial charge in [0.2, 0.25) is 0 Å². The Morgan fingerprint density at radius 3 is 2.81 bits per heavy atom. The monoisotopic (exact) mass is 441 g/mol. The minimum absolute atomic E-state index is 0.259. The van der Waals surface area contributed by atoms with Gasteiger partial charge in [-0.05, 0) is 52.3 Å². The number of hydrogen-bond donors (Lipinski definition) is 0. The molecule has 6 nitrogen and oxygen atoms in total. The number of halogens is 1. The summed E-state index contributed by atoms with van der Waals surface area (Å²) in [6.45, 7) is 10.3. The maximum atomic E-state index is 12.3. The van der Waals surface area contributed by atoms with E-state index in [2.05, 4.69) is 28.0 Å². The molecule has 0 saturated heterocycles. The third kappa shape index (κ3) is 6.50. The number of benzene rings is 1. The van der Waals surface area contributed by atoms with Gasteiger partial charge >= 0.3 is 5.97 Å². The number of rotatable bonds is 8. The molecule has 0 aromatic heterocycles. The quantitative estimate of drug-likeness (QED) is 0.439. The minimum Gasteiger partial charge on any atom is -0.478 e. The van der Waals surface area contributed by atoms with E-state index in [0.29, 0.717) is 24.7 Å². The van der Waals surface area contributed by atoms with Crippen LogP contribution in [0.2, 0.25) is 0 Å². The molecule has 2 rings (SSSR count). The Bertz CT molecular complexity index is 683. The van der Waals surface area contributed by atoms with E-state index in [1.54, 1.807) is 13.0 Å². The van der Waals surface area contributed by atoms with E-state index in [1.807, 2.05) is 32.9 Å². The van der Waals surface area contributed by atoms with Crippen LogP contribution in [0.5, 0.6) is 5.75 Å². The lowest BCUT2D eigenvalue weighted by Gasteiger charge is -2.23. The molecule has 0 saturated carbocycles. The molecule has 27 heavy (non-hydrogen) atoms. The first-order valence-electron chi connectivity index (χ1n) is 9.22. The smallest absolute Gasteiger partial charge is 0.347 e. The fraction of sp³-hybridized carbons (Fsp3) is 0.600. The van der Waals surface area contributed by atoms with Crippen molar-refractivity contribution in [1.82, 2.24) is 0 Å². The molecular weight excluding hydrogens is 414 g/mol. The van der Waals surface area contributed by atoms with Gasteiger partial charge in [-0.2, -0.15) is 0 Å². The van der Waals surface area contributed by atoms with E-state index < -0.39 is 17.7 Å². The normalized spacial score (nSPS) is 17.9. The molecule has 1 aliphatic rings. The molecule has 0 aliphatic carbocycles. The standard InChI is InChI=1S/C20H28BrNO5/c1-6-7-10-24-17-12-25-22-18(17)15-11-14(21)8-9-16(15)26-13(2)19(23)27-20(3,4)5/h8-9,11,13,17H,6-7,10,12H2,1-5H3. The number of nitrogens with zero attached hydrogens (tertiary/aromatic N) is 1. The van der Waals surface area contributed by atoms with Crippen LogP contribution < -0.4 is 4.74 Å². The molecule has 2 atom stereocenters. The third-order valence-electron chi connectivity index (χ3n) is 3.77. The highest BCUT2D eigenvalue weighted by Gasteiger charge is 2.30. The number of ether oxygens (including phenoxy) is 3. The third-order valence-corrected chi connectivity index (χ3v) is 4.26. The van der Waals surface area contributed by atoms with Crippen molar-refractivity contribution in [1.29, 1.82) is 0 Å². The second-order valence-electron chi connectivity index (χ2n) is 7.42. The van der Waals surface area contributed by atoms with Crippen LogP contribution in [0.3, 0.4) is 0 Å². The highest BCUT2D eigenvalue weighted by Crippen LogP contribution is 2.29. The molecule has 150 valence electrons. The van der Waals surface area contributed by atoms with Gasteiger partial charge in [0.25, 0.3) is 0 Å². The van der Waals surface area contributed by atoms with Gasteiger partial charge in [0.1, 0.15) is 29.8 Å². The predicted molar refractivity (Wildman–Crippen MR) is 107 cm³/mol. The Morgan fingerprint density at radius 1 is 1.41 bits per heavy atom. The van der Waals surface area contributed by atoms with Gasteiger partial charge in [0.05, 0.1) is 0 Å². The molecule has 0 radical (unpaired) electrons. The number of esters is 1. The predicted octanol–water partition coefficient (Wildman–Crippen LogP) is 4.48. The summed E-state index contributed by atoms with van der Waals surface area (Å²) in [5.74, 6) is 0.113. The van der Waals surface area contributed by atoms with Crippen LogP contribution in [0.15, 0.2) is 27.8 Å². The van der Waals surface area contributed by atoms with Crippen LogP contribution in [0.4, 0.5) is 0 Å². The Balaban J connectivity index is 2.18. The van der Waals surface area contributed by atoms with Crippen molar-refractivity contribution in [3.05, 3.63) is 28.2 Å². The molecule has 1 aromatic rings. The van der Waals surface area contributed by atoms with E-state index in [9.17, 15) is 4.79 Å². The zero-order valence-electron chi connectivity index (χ0n) is 16.6. The summed E-state index contributed by atoms with van der Waals surface area (Å²) in [7, 11) is 0. The second-order valence-corrected chi connectivity index (χ2v) is 8.33. The lowest BCUT2D eigenvalue weighted by Crippen LogP contribution is -2.34. The zero-order chi connectivity index (χ0) is 20.0. The Labute approximate surface area is 169 Å². The Hall–Kier alpha value is -1.60. The number of hydrogen-bond acceptors (Lipinski definition) is 6. The highest BCUT2D eigenvalue weighted by atomic mass is 79.9. The number of oxime groups is 1. The number of carbonyl (C=O) groups excluding carboxylic acids is 1. The summed E-state index contributed by atoms with van der Waals surface area (Å²) in [6, 6.07) is 5.54. The first-order valence-corrected chi connectivity index (χ1v) is 10.0. The first-order chi connectivity index (χ1) is 12.7. The van der Waals surface area contributed by atoms with Crippen LogP contribution in [-0.4, -0.2) is 42.7 Å². The van der Waals surface area contributed by atoms with Crippen molar-refractivity contribution in [2.24, 2.45) is 5.16 Å². The van der Waals surface area contributed by atoms with E-state index in [4.69, 9.17) is 19.0 Å². The van der Waals surface area contributed by atoms with Crippen LogP contribution in [-0.2, 0) is 19.1 Å². The van der Waals surface area contributed by atoms with E-state index in [-0.39, 0.29) is 6.10 Å². The maximum Gasteiger partial charge on any atom is 0.347 e. The summed E-state index contributed by atoms with van der Waals surface area (Å²) in [4.78, 5) is 17.5. The highest BCUT2D eigenvalue weighted by molar-refractivity contribution is 9.10. The maximum absolute atomic E-state index is 12.3. The average Bonchev–Trinajstić information content (AvgIpc) is 3.03. The van der Waals surface area contributed by atoms with Gasteiger partial charge in [0, 0.05) is 16.6 Å². The molecule has 0 fully saturated rings. The van der Waals surface area contributed by atoms with Crippen molar-refractivity contribution in [2.75, 3.05) is 13.2 Å². The van der Waals surface area contributed by atoms with Gasteiger partial charge in [-0.25, -0.2) is 4.79 Å². The van der Waals surface area contributed by atoms with Crippen molar-refractivity contribution in [3.8, 4) is 5.75 Å². The summed E-state index contributed by atoms with van der Waals surface area (Å²) in [5.41, 5.74) is 0.830. The fourth-order valence-electron chi connectivity index (χ4n) is 2.46. The van der Waals surface area contributed by atoms with Gasteiger partial charge in [-0.1, -0.05) is 34.4 Å². The molecule has 7 heteroatoms. The zero-order valence-corrected chi connectivity index (χ0v) is 18.2. The van der Waals surface area contributed by atoms with Crippen molar-refractivity contribution < 1.29 is 23.8 Å². The number of unbranched alkanes of at least 4 members (excludes halogenated alkanes) is 1. The molecule has 1 heterocycles. The molecular formula is C20H28BrNO5. The summed E-state index contributed by atoms with van der Waals surface area (Å²) >= 11 is 3.48. The van der Waals surface area contributed by atoms with Crippen LogP contribution >= 0.6 is 15.9 Å². The van der Waals surface area contributed by atoms with Gasteiger partial charge in [-0.3, -0.25) is 0 Å². The fourth-order valence-corrected chi connectivity index (χ4v) is 2.82. The largest absolute Gasteiger partial charge is 0.478 e. The molecule has 0 spiro atoms. The van der Waals surface area contributed by atoms with Crippen LogP contribution in [0.1, 0.15) is 53.0 Å². The summed E-state index contributed by atoms with van der Waals surface area (Å²) in [6.07, 6.45) is 1.01. The Kier molecular flexibility index (Phi) is 7.68. The Morgan fingerprint density at radius 2 is 2.15 bits per heavy atom. The lowest BCUT2D eigenvalue weighted by molar-refractivity contribution is -0.162. The number of carbonyl (C=O) groups is 1. The van der Waals surface area contributed by atoms with Crippen molar-refractivity contribution >= 4 is 27.6 Å². The van der Waals surface area contributed by atoms with E-state index in [1.165, 1.54) is 0 Å². The molecule has 0 amide bonds. The molecule has 1 aliphatic heterocycles. The topological polar surface area (TPSA) is 66.3 Å². The molecule has 0 bridgehead atoms.